The zero-order valence-electron chi connectivity index (χ0n) is 17.9. The molecule has 1 saturated heterocycles. The molecule has 3 atom stereocenters. The van der Waals surface area contributed by atoms with Crippen molar-refractivity contribution in [1.82, 2.24) is 14.9 Å². The zero-order chi connectivity index (χ0) is 21.8. The van der Waals surface area contributed by atoms with Crippen LogP contribution in [-0.2, 0) is 0 Å². The van der Waals surface area contributed by atoms with Crippen LogP contribution in [0.25, 0.3) is 0 Å². The van der Waals surface area contributed by atoms with E-state index < -0.39 is 6.17 Å². The molecule has 1 aliphatic heterocycles. The summed E-state index contributed by atoms with van der Waals surface area (Å²) in [6, 6.07) is 7.44. The minimum absolute atomic E-state index is 0.135. The highest BCUT2D eigenvalue weighted by molar-refractivity contribution is 6.43. The van der Waals surface area contributed by atoms with Gasteiger partial charge in [0.2, 0.25) is 5.95 Å². The molecule has 1 aliphatic carbocycles. The molecule has 4 rings (SSSR count). The van der Waals surface area contributed by atoms with Crippen LogP contribution in [0.2, 0.25) is 10.0 Å². The average molecular weight is 466 g/mol. The van der Waals surface area contributed by atoms with E-state index >= 15 is 0 Å². The second-order valence-electron chi connectivity index (χ2n) is 8.61. The molecule has 1 aromatic heterocycles. The summed E-state index contributed by atoms with van der Waals surface area (Å²) in [6.45, 7) is 4.87. The van der Waals surface area contributed by atoms with Crippen molar-refractivity contribution in [3.05, 3.63) is 46.7 Å². The van der Waals surface area contributed by atoms with Gasteiger partial charge in [0.25, 0.3) is 0 Å². The van der Waals surface area contributed by atoms with Gasteiger partial charge < -0.3 is 9.80 Å². The third-order valence-corrected chi connectivity index (χ3v) is 7.52. The van der Waals surface area contributed by atoms with Crippen molar-refractivity contribution in [2.75, 3.05) is 49.6 Å². The van der Waals surface area contributed by atoms with E-state index in [-0.39, 0.29) is 6.04 Å². The highest BCUT2D eigenvalue weighted by atomic mass is 35.5. The first kappa shape index (κ1) is 22.6. The number of alkyl halides is 1. The molecule has 3 unspecified atom stereocenters. The van der Waals surface area contributed by atoms with E-state index in [9.17, 15) is 4.39 Å². The third kappa shape index (κ3) is 5.41. The van der Waals surface area contributed by atoms with Crippen LogP contribution in [0.3, 0.4) is 0 Å². The molecule has 0 spiro atoms. The van der Waals surface area contributed by atoms with Crippen LogP contribution in [-0.4, -0.2) is 66.9 Å². The molecule has 8 heteroatoms. The summed E-state index contributed by atoms with van der Waals surface area (Å²) in [5.41, 5.74) is 1.01. The largest absolute Gasteiger partial charge is 0.368 e. The number of hydrogen-bond acceptors (Lipinski definition) is 5. The summed E-state index contributed by atoms with van der Waals surface area (Å²) in [6.07, 6.45) is 6.16. The van der Waals surface area contributed by atoms with E-state index in [0.717, 1.165) is 57.7 Å². The lowest BCUT2D eigenvalue weighted by molar-refractivity contribution is 0.147. The lowest BCUT2D eigenvalue weighted by atomic mass is 9.82. The van der Waals surface area contributed by atoms with Gasteiger partial charge in [0.1, 0.15) is 6.17 Å². The first-order valence-corrected chi connectivity index (χ1v) is 11.8. The van der Waals surface area contributed by atoms with Gasteiger partial charge in [-0.25, -0.2) is 14.4 Å². The molecule has 31 heavy (non-hydrogen) atoms. The fourth-order valence-corrected chi connectivity index (χ4v) is 5.23. The number of hydrogen-bond donors (Lipinski definition) is 0. The minimum atomic E-state index is -0.839. The summed E-state index contributed by atoms with van der Waals surface area (Å²) < 4.78 is 15.0. The quantitative estimate of drug-likeness (QED) is 0.603. The summed E-state index contributed by atoms with van der Waals surface area (Å²) >= 11 is 12.5. The lowest BCUT2D eigenvalue weighted by Crippen LogP contribution is -2.47. The number of anilines is 2. The fraction of sp³-hybridized carbons (Fsp3) is 0.565. The summed E-state index contributed by atoms with van der Waals surface area (Å²) in [5, 5.41) is 1.23. The molecule has 0 N–H and O–H groups in total. The van der Waals surface area contributed by atoms with Crippen LogP contribution in [0, 0.1) is 5.92 Å². The Morgan fingerprint density at radius 3 is 2.52 bits per heavy atom. The van der Waals surface area contributed by atoms with E-state index in [1.807, 2.05) is 30.1 Å². The second kappa shape index (κ2) is 10.3. The van der Waals surface area contributed by atoms with Crippen molar-refractivity contribution in [1.29, 1.82) is 0 Å². The van der Waals surface area contributed by atoms with Crippen molar-refractivity contribution in [3.63, 3.8) is 0 Å². The van der Waals surface area contributed by atoms with Crippen molar-refractivity contribution >= 4 is 34.8 Å². The first-order chi connectivity index (χ1) is 15.0. The number of piperazine rings is 1. The van der Waals surface area contributed by atoms with Gasteiger partial charge in [0, 0.05) is 45.6 Å². The second-order valence-corrected chi connectivity index (χ2v) is 9.40. The molecule has 1 saturated carbocycles. The molecule has 0 amide bonds. The maximum atomic E-state index is 15.0. The van der Waals surface area contributed by atoms with Crippen molar-refractivity contribution in [2.24, 2.45) is 5.92 Å². The molecule has 0 bridgehead atoms. The van der Waals surface area contributed by atoms with Gasteiger partial charge in [0.15, 0.2) is 0 Å². The lowest BCUT2D eigenvalue weighted by Gasteiger charge is -2.39. The van der Waals surface area contributed by atoms with Crippen LogP contribution in [0.5, 0.6) is 0 Å². The zero-order valence-corrected chi connectivity index (χ0v) is 19.4. The predicted molar refractivity (Wildman–Crippen MR) is 126 cm³/mol. The van der Waals surface area contributed by atoms with Gasteiger partial charge in [-0.05, 0) is 56.3 Å². The van der Waals surface area contributed by atoms with Gasteiger partial charge in [0.05, 0.1) is 21.8 Å². The van der Waals surface area contributed by atoms with Crippen molar-refractivity contribution in [3.8, 4) is 0 Å². The van der Waals surface area contributed by atoms with Crippen molar-refractivity contribution in [2.45, 2.75) is 37.9 Å². The van der Waals surface area contributed by atoms with Crippen LogP contribution in [0.4, 0.5) is 16.0 Å². The Morgan fingerprint density at radius 1 is 1.06 bits per heavy atom. The number of benzene rings is 1. The normalized spacial score (nSPS) is 24.9. The molecule has 168 valence electrons. The number of aromatic nitrogens is 2. The monoisotopic (exact) mass is 465 g/mol. The topological polar surface area (TPSA) is 35.5 Å². The average Bonchev–Trinajstić information content (AvgIpc) is 2.80. The Labute approximate surface area is 194 Å². The summed E-state index contributed by atoms with van der Waals surface area (Å²) in [7, 11) is 1.90. The third-order valence-electron chi connectivity index (χ3n) is 6.71. The van der Waals surface area contributed by atoms with Crippen LogP contribution < -0.4 is 9.80 Å². The Kier molecular flexibility index (Phi) is 7.51. The maximum Gasteiger partial charge on any atom is 0.225 e. The molecule has 2 aromatic rings. The van der Waals surface area contributed by atoms with Crippen LogP contribution in [0.15, 0.2) is 36.7 Å². The molecule has 2 aliphatic rings. The SMILES string of the molecule is CN(c1ncccn1)C1CCC(CCN2CCN(c3cccc(Cl)c3Cl)CC2)CC1F. The molecule has 0 radical (unpaired) electrons. The molecular weight excluding hydrogens is 436 g/mol. The van der Waals surface area contributed by atoms with Gasteiger partial charge in [-0.3, -0.25) is 4.90 Å². The predicted octanol–water partition coefficient (Wildman–Crippen LogP) is 4.94. The highest BCUT2D eigenvalue weighted by Crippen LogP contribution is 2.34. The van der Waals surface area contributed by atoms with Crippen LogP contribution >= 0.6 is 23.2 Å². The Hall–Kier alpha value is -1.63. The van der Waals surface area contributed by atoms with Gasteiger partial charge in [-0.2, -0.15) is 0 Å². The Morgan fingerprint density at radius 2 is 1.81 bits per heavy atom. The van der Waals surface area contributed by atoms with Crippen LogP contribution in [0.1, 0.15) is 25.7 Å². The van der Waals surface area contributed by atoms with Gasteiger partial charge >= 0.3 is 0 Å². The van der Waals surface area contributed by atoms with Gasteiger partial charge in [-0.15, -0.1) is 0 Å². The Bertz CT molecular complexity index is 847. The standard InChI is InChI=1S/C23H30Cl2FN5/c1-29(23-27-9-3-10-28-23)20-7-6-17(16-19(20)26)8-11-30-12-14-31(15-13-30)21-5-2-4-18(24)22(21)25/h2-5,9-10,17,19-20H,6-8,11-16H2,1H3. The van der Waals surface area contributed by atoms with Gasteiger partial charge in [-0.1, -0.05) is 29.3 Å². The molecule has 5 nitrogen and oxygen atoms in total. The smallest absolute Gasteiger partial charge is 0.225 e. The summed E-state index contributed by atoms with van der Waals surface area (Å²) in [5.74, 6) is 1.04. The van der Waals surface area contributed by atoms with E-state index in [1.54, 1.807) is 18.5 Å². The Balaban J connectivity index is 1.22. The number of rotatable bonds is 6. The molecule has 1 aromatic carbocycles. The molecule has 2 fully saturated rings. The maximum absolute atomic E-state index is 15.0. The van der Waals surface area contributed by atoms with E-state index in [0.29, 0.717) is 28.3 Å². The molecule has 2 heterocycles. The number of halogens is 3. The molecular formula is C23H30Cl2FN5. The first-order valence-electron chi connectivity index (χ1n) is 11.1. The van der Waals surface area contributed by atoms with Crippen molar-refractivity contribution < 1.29 is 4.39 Å². The number of nitrogens with zero attached hydrogens (tertiary/aromatic N) is 5. The summed E-state index contributed by atoms with van der Waals surface area (Å²) in [4.78, 5) is 15.2. The minimum Gasteiger partial charge on any atom is -0.368 e. The van der Waals surface area contributed by atoms with E-state index in [4.69, 9.17) is 23.2 Å². The van der Waals surface area contributed by atoms with E-state index in [2.05, 4.69) is 19.8 Å². The fourth-order valence-electron chi connectivity index (χ4n) is 4.81. The highest BCUT2D eigenvalue weighted by Gasteiger charge is 2.34. The van der Waals surface area contributed by atoms with E-state index in [1.165, 1.54) is 0 Å².